The summed E-state index contributed by atoms with van der Waals surface area (Å²) in [5.74, 6) is -1.34. The number of hydrogen-bond acceptors (Lipinski definition) is 6. The van der Waals surface area contributed by atoms with Crippen LogP contribution in [0.25, 0.3) is 22.2 Å². The first-order chi connectivity index (χ1) is 19.7. The van der Waals surface area contributed by atoms with E-state index in [-0.39, 0.29) is 16.3 Å². The Kier molecular flexibility index (Phi) is 8.48. The largest absolute Gasteiger partial charge is 0.497 e. The van der Waals surface area contributed by atoms with Gasteiger partial charge in [-0.05, 0) is 60.0 Å². The summed E-state index contributed by atoms with van der Waals surface area (Å²) in [5.41, 5.74) is 2.72. The summed E-state index contributed by atoms with van der Waals surface area (Å²) < 4.78 is 64.2. The van der Waals surface area contributed by atoms with Gasteiger partial charge in [-0.25, -0.2) is 26.9 Å². The number of pyridine rings is 1. The highest BCUT2D eigenvalue weighted by Gasteiger charge is 2.22. The van der Waals surface area contributed by atoms with Crippen molar-refractivity contribution < 1.29 is 21.9 Å². The number of anilines is 1. The van der Waals surface area contributed by atoms with Crippen molar-refractivity contribution in [2.75, 3.05) is 17.6 Å². The third kappa shape index (κ3) is 6.47. The van der Waals surface area contributed by atoms with Crippen LogP contribution in [0, 0.1) is 11.6 Å². The summed E-state index contributed by atoms with van der Waals surface area (Å²) in [7, 11) is -2.20. The van der Waals surface area contributed by atoms with Gasteiger partial charge in [0.25, 0.3) is 0 Å². The molecule has 212 valence electrons. The Balaban J connectivity index is 1.59. The summed E-state index contributed by atoms with van der Waals surface area (Å²) in [5, 5.41) is 6.15. The number of nitrogens with one attached hydrogen (secondary N) is 1. The molecule has 0 atom stereocenters. The molecule has 0 saturated heterocycles. The van der Waals surface area contributed by atoms with Crippen LogP contribution in [-0.2, 0) is 16.6 Å². The van der Waals surface area contributed by atoms with Gasteiger partial charge < -0.3 is 4.74 Å². The van der Waals surface area contributed by atoms with Crippen LogP contribution < -0.4 is 9.46 Å². The fraction of sp³-hybridized carbons (Fsp3) is 0.172. The van der Waals surface area contributed by atoms with Crippen molar-refractivity contribution in [3.8, 4) is 16.9 Å². The molecule has 2 heterocycles. The maximum absolute atomic E-state index is 15.5. The lowest BCUT2D eigenvalue weighted by Gasteiger charge is -2.11. The molecule has 3 aromatic carbocycles. The lowest BCUT2D eigenvalue weighted by molar-refractivity contribution is 0.414. The quantitative estimate of drug-likeness (QED) is 0.177. The van der Waals surface area contributed by atoms with Crippen LogP contribution in [-0.4, -0.2) is 36.0 Å². The summed E-state index contributed by atoms with van der Waals surface area (Å²) in [4.78, 5) is 4.27. The zero-order valence-corrected chi connectivity index (χ0v) is 24.5. The lowest BCUT2D eigenvalue weighted by Crippen LogP contribution is -2.17. The smallest absolute Gasteiger partial charge is 0.232 e. The average molecular weight is 615 g/mol. The molecule has 5 rings (SSSR count). The Labute approximate surface area is 245 Å². The first-order valence-corrected chi connectivity index (χ1v) is 15.4. The van der Waals surface area contributed by atoms with E-state index in [0.717, 1.165) is 40.6 Å². The van der Waals surface area contributed by atoms with E-state index in [4.69, 9.17) is 16.3 Å². The molecular formula is C29H25ClF2N4O3S2. The van der Waals surface area contributed by atoms with Gasteiger partial charge in [0, 0.05) is 16.8 Å². The highest BCUT2D eigenvalue weighted by atomic mass is 35.5. The second kappa shape index (κ2) is 12.1. The minimum Gasteiger partial charge on any atom is -0.497 e. The Morgan fingerprint density at radius 3 is 2.44 bits per heavy atom. The van der Waals surface area contributed by atoms with E-state index in [0.29, 0.717) is 39.8 Å². The van der Waals surface area contributed by atoms with Crippen molar-refractivity contribution in [2.45, 2.75) is 29.8 Å². The predicted octanol–water partition coefficient (Wildman–Crippen LogP) is 7.39. The number of nitrogens with zero attached hydrogens (tertiary/aromatic N) is 3. The number of sulfonamides is 1. The van der Waals surface area contributed by atoms with Crippen molar-refractivity contribution >= 4 is 50.1 Å². The van der Waals surface area contributed by atoms with E-state index in [1.165, 1.54) is 0 Å². The summed E-state index contributed by atoms with van der Waals surface area (Å²) in [6.07, 6.45) is 2.05. The molecule has 0 spiro atoms. The van der Waals surface area contributed by atoms with Crippen LogP contribution in [0.3, 0.4) is 0 Å². The van der Waals surface area contributed by atoms with Gasteiger partial charge in [-0.1, -0.05) is 54.6 Å². The summed E-state index contributed by atoms with van der Waals surface area (Å²) in [6, 6.07) is 18.6. The number of methoxy groups -OCH3 is 1. The fourth-order valence-electron chi connectivity index (χ4n) is 4.21. The van der Waals surface area contributed by atoms with E-state index in [9.17, 15) is 12.8 Å². The van der Waals surface area contributed by atoms with Gasteiger partial charge in [0.05, 0.1) is 35.4 Å². The van der Waals surface area contributed by atoms with Gasteiger partial charge in [0.2, 0.25) is 10.0 Å². The number of benzene rings is 3. The van der Waals surface area contributed by atoms with Crippen molar-refractivity contribution in [1.29, 1.82) is 0 Å². The standard InChI is InChI=1S/C29H25ClF2N4O3S2/c1-3-14-41(37,38)35-25-13-12-24(31)27(26(25)32)40-29-23-15-20(19-6-8-21(30)9-7-19)16-33-28(23)36(34-29)17-18-4-10-22(39-2)11-5-18/h4-13,15-16,35H,3,14,17H2,1-2H3. The van der Waals surface area contributed by atoms with Crippen molar-refractivity contribution in [3.63, 3.8) is 0 Å². The van der Waals surface area contributed by atoms with Crippen LogP contribution >= 0.6 is 23.4 Å². The van der Waals surface area contributed by atoms with Crippen LogP contribution in [0.2, 0.25) is 5.02 Å². The van der Waals surface area contributed by atoms with Crippen molar-refractivity contribution in [3.05, 3.63) is 95.1 Å². The monoisotopic (exact) mass is 614 g/mol. The van der Waals surface area contributed by atoms with E-state index < -0.39 is 21.7 Å². The normalized spacial score (nSPS) is 11.6. The van der Waals surface area contributed by atoms with Gasteiger partial charge >= 0.3 is 0 Å². The number of aromatic nitrogens is 3. The maximum atomic E-state index is 15.5. The van der Waals surface area contributed by atoms with Gasteiger partial charge in [-0.2, -0.15) is 5.10 Å². The van der Waals surface area contributed by atoms with Crippen LogP contribution in [0.15, 0.2) is 82.8 Å². The summed E-state index contributed by atoms with van der Waals surface area (Å²) >= 11 is 6.82. The molecule has 0 bridgehead atoms. The van der Waals surface area contributed by atoms with Gasteiger partial charge in [0.15, 0.2) is 11.5 Å². The maximum Gasteiger partial charge on any atom is 0.232 e. The van der Waals surface area contributed by atoms with Gasteiger partial charge in [-0.3, -0.25) is 4.72 Å². The molecule has 12 heteroatoms. The molecule has 7 nitrogen and oxygen atoms in total. The number of ether oxygens (including phenoxy) is 1. The zero-order valence-electron chi connectivity index (χ0n) is 22.1. The highest BCUT2D eigenvalue weighted by Crippen LogP contribution is 2.39. The molecule has 1 N–H and O–H groups in total. The van der Waals surface area contributed by atoms with Gasteiger partial charge in [0.1, 0.15) is 16.6 Å². The first-order valence-electron chi connectivity index (χ1n) is 12.6. The molecule has 0 aliphatic heterocycles. The Morgan fingerprint density at radius 2 is 1.76 bits per heavy atom. The minimum atomic E-state index is -3.79. The Morgan fingerprint density at radius 1 is 1.02 bits per heavy atom. The van der Waals surface area contributed by atoms with Crippen LogP contribution in [0.4, 0.5) is 14.5 Å². The summed E-state index contributed by atoms with van der Waals surface area (Å²) in [6.45, 7) is 2.04. The van der Waals surface area contributed by atoms with Gasteiger partial charge in [-0.15, -0.1) is 0 Å². The molecule has 0 saturated carbocycles. The molecule has 5 aromatic rings. The van der Waals surface area contributed by atoms with Crippen LogP contribution in [0.5, 0.6) is 5.75 Å². The molecular weight excluding hydrogens is 590 g/mol. The van der Waals surface area contributed by atoms with E-state index in [1.54, 1.807) is 37.0 Å². The van der Waals surface area contributed by atoms with Crippen molar-refractivity contribution in [1.82, 2.24) is 14.8 Å². The zero-order chi connectivity index (χ0) is 29.1. The SMILES string of the molecule is CCCS(=O)(=O)Nc1ccc(F)c(Sc2nn(Cc3ccc(OC)cc3)c3ncc(-c4ccc(Cl)cc4)cc23)c1F. The second-order valence-corrected chi connectivity index (χ2v) is 12.5. The fourth-order valence-corrected chi connectivity index (χ4v) is 6.43. The highest BCUT2D eigenvalue weighted by molar-refractivity contribution is 7.99. The molecule has 0 unspecified atom stereocenters. The third-order valence-electron chi connectivity index (χ3n) is 6.21. The minimum absolute atomic E-state index is 0.189. The first kappa shape index (κ1) is 28.8. The molecule has 2 aromatic heterocycles. The Hall–Kier alpha value is -3.67. The Bertz CT molecular complexity index is 1810. The number of hydrogen-bond donors (Lipinski definition) is 1. The molecule has 0 aliphatic rings. The third-order valence-corrected chi connectivity index (χ3v) is 9.01. The molecule has 41 heavy (non-hydrogen) atoms. The molecule has 0 aliphatic carbocycles. The lowest BCUT2D eigenvalue weighted by atomic mass is 10.1. The number of halogens is 3. The predicted molar refractivity (Wildman–Crippen MR) is 158 cm³/mol. The van der Waals surface area contributed by atoms with Crippen molar-refractivity contribution in [2.24, 2.45) is 0 Å². The van der Waals surface area contributed by atoms with E-state index >= 15 is 4.39 Å². The topological polar surface area (TPSA) is 86.1 Å². The molecule has 0 radical (unpaired) electrons. The number of rotatable bonds is 10. The van der Waals surface area contributed by atoms with E-state index in [1.807, 2.05) is 42.5 Å². The molecule has 0 amide bonds. The number of fused-ring (bicyclic) bond motifs is 1. The van der Waals surface area contributed by atoms with Crippen LogP contribution in [0.1, 0.15) is 18.9 Å². The average Bonchev–Trinajstić information content (AvgIpc) is 3.29. The molecule has 0 fully saturated rings. The second-order valence-electron chi connectivity index (χ2n) is 9.17. The van der Waals surface area contributed by atoms with E-state index in [2.05, 4.69) is 14.8 Å².